The second-order valence-corrected chi connectivity index (χ2v) is 7.17. The summed E-state index contributed by atoms with van der Waals surface area (Å²) in [5, 5.41) is 5.04. The molecule has 0 spiro atoms. The molecule has 4 heteroatoms. The van der Waals surface area contributed by atoms with Crippen LogP contribution in [0.3, 0.4) is 0 Å². The van der Waals surface area contributed by atoms with Crippen LogP contribution in [-0.2, 0) is 0 Å². The Balaban J connectivity index is 2.11. The van der Waals surface area contributed by atoms with Crippen LogP contribution in [0.5, 0.6) is 0 Å². The van der Waals surface area contributed by atoms with Crippen molar-refractivity contribution >= 4 is 39.8 Å². The fraction of sp³-hybridized carbons (Fsp3) is 0.267. The van der Waals surface area contributed by atoms with Crippen molar-refractivity contribution in [1.29, 1.82) is 0 Å². The van der Waals surface area contributed by atoms with Crippen molar-refractivity contribution in [3.05, 3.63) is 55.8 Å². The van der Waals surface area contributed by atoms with Gasteiger partial charge in [-0.05, 0) is 40.6 Å². The maximum atomic E-state index is 12.2. The van der Waals surface area contributed by atoms with Gasteiger partial charge in [-0.3, -0.25) is 4.79 Å². The van der Waals surface area contributed by atoms with Gasteiger partial charge in [-0.25, -0.2) is 0 Å². The minimum Gasteiger partial charge on any atom is -0.345 e. The van der Waals surface area contributed by atoms with Gasteiger partial charge in [-0.15, -0.1) is 11.3 Å². The first-order valence-electron chi connectivity index (χ1n) is 6.30. The highest BCUT2D eigenvalue weighted by atomic mass is 127. The average molecular weight is 385 g/mol. The van der Waals surface area contributed by atoms with Crippen LogP contribution in [0.2, 0.25) is 0 Å². The average Bonchev–Trinajstić information content (AvgIpc) is 2.86. The van der Waals surface area contributed by atoms with Gasteiger partial charge in [-0.2, -0.15) is 0 Å². The predicted octanol–water partition coefficient (Wildman–Crippen LogP) is 4.62. The number of nitrogens with one attached hydrogen (secondary N) is 1. The largest absolute Gasteiger partial charge is 0.345 e. The summed E-state index contributed by atoms with van der Waals surface area (Å²) in [5.41, 5.74) is 1.93. The van der Waals surface area contributed by atoms with Crippen molar-refractivity contribution in [1.82, 2.24) is 5.32 Å². The molecule has 0 aliphatic rings. The van der Waals surface area contributed by atoms with Crippen LogP contribution in [0.4, 0.5) is 0 Å². The van der Waals surface area contributed by atoms with E-state index in [-0.39, 0.29) is 11.9 Å². The summed E-state index contributed by atoms with van der Waals surface area (Å²) in [6.45, 7) is 2.13. The van der Waals surface area contributed by atoms with Gasteiger partial charge >= 0.3 is 0 Å². The topological polar surface area (TPSA) is 29.1 Å². The van der Waals surface area contributed by atoms with Crippen LogP contribution in [0.1, 0.15) is 41.7 Å². The van der Waals surface area contributed by atoms with Crippen LogP contribution in [0, 0.1) is 2.88 Å². The summed E-state index contributed by atoms with van der Waals surface area (Å²) in [7, 11) is 0. The van der Waals surface area contributed by atoms with Crippen LogP contribution >= 0.6 is 33.9 Å². The maximum absolute atomic E-state index is 12.2. The van der Waals surface area contributed by atoms with Crippen molar-refractivity contribution in [2.75, 3.05) is 0 Å². The highest BCUT2D eigenvalue weighted by Crippen LogP contribution is 2.21. The molecule has 19 heavy (non-hydrogen) atoms. The molecule has 1 aromatic carbocycles. The van der Waals surface area contributed by atoms with Gasteiger partial charge in [0.15, 0.2) is 0 Å². The Hall–Kier alpha value is -0.880. The first-order valence-corrected chi connectivity index (χ1v) is 8.26. The number of carbonyl (C=O) groups is 1. The van der Waals surface area contributed by atoms with Gasteiger partial charge in [0.05, 0.1) is 14.5 Å². The summed E-state index contributed by atoms with van der Waals surface area (Å²) in [5.74, 6) is 0.0152. The minimum absolute atomic E-state index is 0.0152. The van der Waals surface area contributed by atoms with Crippen molar-refractivity contribution in [2.45, 2.75) is 25.8 Å². The number of rotatable bonds is 5. The molecule has 100 valence electrons. The number of amides is 1. The van der Waals surface area contributed by atoms with E-state index in [1.807, 2.05) is 29.6 Å². The Morgan fingerprint density at radius 3 is 2.68 bits per heavy atom. The van der Waals surface area contributed by atoms with E-state index in [2.05, 4.69) is 47.0 Å². The molecule has 2 nitrogen and oxygen atoms in total. The van der Waals surface area contributed by atoms with Gasteiger partial charge in [0, 0.05) is 5.38 Å². The van der Waals surface area contributed by atoms with Crippen LogP contribution in [-0.4, -0.2) is 5.91 Å². The third-order valence-electron chi connectivity index (χ3n) is 2.91. The minimum atomic E-state index is 0.0152. The number of hydrogen-bond acceptors (Lipinski definition) is 2. The lowest BCUT2D eigenvalue weighted by Gasteiger charge is -2.18. The molecule has 1 atom stereocenters. The number of hydrogen-bond donors (Lipinski definition) is 1. The molecule has 0 aliphatic heterocycles. The first-order chi connectivity index (χ1) is 9.20. The van der Waals surface area contributed by atoms with Crippen LogP contribution in [0.15, 0.2) is 41.8 Å². The quantitative estimate of drug-likeness (QED) is 0.748. The van der Waals surface area contributed by atoms with Crippen LogP contribution < -0.4 is 5.32 Å². The molecule has 1 aromatic heterocycles. The fourth-order valence-electron chi connectivity index (χ4n) is 1.97. The van der Waals surface area contributed by atoms with Crippen molar-refractivity contribution in [3.8, 4) is 0 Å². The second kappa shape index (κ2) is 7.05. The summed E-state index contributed by atoms with van der Waals surface area (Å²) in [4.78, 5) is 12.2. The Kier molecular flexibility index (Phi) is 5.39. The Morgan fingerprint density at radius 1 is 1.37 bits per heavy atom. The number of benzene rings is 1. The molecular formula is C15H16INOS. The molecular weight excluding hydrogens is 369 g/mol. The molecule has 0 bridgehead atoms. The van der Waals surface area contributed by atoms with E-state index in [4.69, 9.17) is 0 Å². The molecule has 1 N–H and O–H groups in total. The molecule has 1 amide bonds. The molecule has 0 aliphatic carbocycles. The molecule has 0 fully saturated rings. The highest BCUT2D eigenvalue weighted by molar-refractivity contribution is 14.1. The van der Waals surface area contributed by atoms with E-state index in [0.29, 0.717) is 0 Å². The third kappa shape index (κ3) is 4.04. The normalized spacial score (nSPS) is 12.1. The van der Waals surface area contributed by atoms with Crippen molar-refractivity contribution in [3.63, 3.8) is 0 Å². The summed E-state index contributed by atoms with van der Waals surface area (Å²) in [6.07, 6.45) is 2.00. The number of halogens is 1. The van der Waals surface area contributed by atoms with E-state index >= 15 is 0 Å². The van der Waals surface area contributed by atoms with Gasteiger partial charge in [0.2, 0.25) is 0 Å². The summed E-state index contributed by atoms with van der Waals surface area (Å²) < 4.78 is 1.13. The van der Waals surface area contributed by atoms with Gasteiger partial charge < -0.3 is 5.32 Å². The Labute approximate surface area is 131 Å². The molecule has 0 saturated carbocycles. The zero-order chi connectivity index (χ0) is 13.7. The SMILES string of the molecule is CCCC(NC(=O)c1csc(I)c1)c1ccccc1. The third-order valence-corrected chi connectivity index (χ3v) is 4.70. The highest BCUT2D eigenvalue weighted by Gasteiger charge is 2.15. The zero-order valence-electron chi connectivity index (χ0n) is 10.7. The lowest BCUT2D eigenvalue weighted by molar-refractivity contribution is 0.0935. The lowest BCUT2D eigenvalue weighted by Crippen LogP contribution is -2.28. The first kappa shape index (κ1) is 14.5. The molecule has 2 aromatic rings. The van der Waals surface area contributed by atoms with E-state index in [9.17, 15) is 4.79 Å². The summed E-state index contributed by atoms with van der Waals surface area (Å²) >= 11 is 3.83. The Bertz CT molecular complexity index is 538. The van der Waals surface area contributed by atoms with Gasteiger partial charge in [-0.1, -0.05) is 43.7 Å². The lowest BCUT2D eigenvalue weighted by atomic mass is 10.0. The molecule has 0 saturated heterocycles. The fourth-order valence-corrected chi connectivity index (χ4v) is 3.29. The zero-order valence-corrected chi connectivity index (χ0v) is 13.7. The second-order valence-electron chi connectivity index (χ2n) is 4.36. The van der Waals surface area contributed by atoms with E-state index in [1.165, 1.54) is 5.56 Å². The van der Waals surface area contributed by atoms with Gasteiger partial charge in [0.1, 0.15) is 0 Å². The standard InChI is InChI=1S/C15H16INOS/c1-2-6-13(11-7-4-3-5-8-11)17-15(18)12-9-14(16)19-10-12/h3-5,7-10,13H,2,6H2,1H3,(H,17,18). The summed E-state index contributed by atoms with van der Waals surface area (Å²) in [6, 6.07) is 12.2. The van der Waals surface area contributed by atoms with Crippen molar-refractivity contribution < 1.29 is 4.79 Å². The molecule has 0 radical (unpaired) electrons. The molecule has 2 rings (SSSR count). The van der Waals surface area contributed by atoms with Crippen LogP contribution in [0.25, 0.3) is 0 Å². The number of thiophene rings is 1. The Morgan fingerprint density at radius 2 is 2.11 bits per heavy atom. The van der Waals surface area contributed by atoms with E-state index in [1.54, 1.807) is 11.3 Å². The monoisotopic (exact) mass is 385 g/mol. The number of carbonyl (C=O) groups excluding carboxylic acids is 1. The predicted molar refractivity (Wildman–Crippen MR) is 88.6 cm³/mol. The molecule has 1 heterocycles. The maximum Gasteiger partial charge on any atom is 0.252 e. The smallest absolute Gasteiger partial charge is 0.252 e. The van der Waals surface area contributed by atoms with Crippen molar-refractivity contribution in [2.24, 2.45) is 0 Å². The molecule has 1 unspecified atom stereocenters. The van der Waals surface area contributed by atoms with E-state index < -0.39 is 0 Å². The van der Waals surface area contributed by atoms with E-state index in [0.717, 1.165) is 21.3 Å². The van der Waals surface area contributed by atoms with Gasteiger partial charge in [0.25, 0.3) is 5.91 Å².